The number of rotatable bonds is 4. The molecule has 0 fully saturated rings. The van der Waals surface area contributed by atoms with Crippen molar-refractivity contribution < 1.29 is 45.0 Å². The van der Waals surface area contributed by atoms with Gasteiger partial charge in [0.15, 0.2) is 28.9 Å². The number of halogens is 7. The smallest absolute Gasteiger partial charge is 0.423 e. The molecule has 0 aromatic heterocycles. The van der Waals surface area contributed by atoms with Crippen LogP contribution in [0.5, 0.6) is 17.2 Å². The molecule has 0 spiro atoms. The van der Waals surface area contributed by atoms with Crippen molar-refractivity contribution in [3.05, 3.63) is 87.3 Å². The average Bonchev–Trinajstić information content (AvgIpc) is 3.11. The number of hydrogen-bond donors (Lipinski definition) is 0. The molecule has 1 aliphatic heterocycles. The number of ether oxygens (including phenoxy) is 2. The first-order chi connectivity index (χ1) is 16.0. The van der Waals surface area contributed by atoms with Gasteiger partial charge in [-0.25, -0.2) is 13.2 Å². The van der Waals surface area contributed by atoms with Crippen LogP contribution in [0.1, 0.15) is 21.5 Å². The van der Waals surface area contributed by atoms with Gasteiger partial charge in [0.1, 0.15) is 5.56 Å². The molecule has 1 aliphatic rings. The normalized spacial score (nSPS) is 14.5. The lowest BCUT2D eigenvalue weighted by Crippen LogP contribution is -2.15. The van der Waals surface area contributed by atoms with Gasteiger partial charge in [0.25, 0.3) is 0 Å². The third-order valence-electron chi connectivity index (χ3n) is 4.78. The highest BCUT2D eigenvalue weighted by atomic mass is 32.2. The van der Waals surface area contributed by atoms with E-state index in [1.54, 1.807) is 24.3 Å². The Morgan fingerprint density at radius 3 is 2.21 bits per heavy atom. The van der Waals surface area contributed by atoms with Crippen LogP contribution in [0.4, 0.5) is 30.7 Å². The number of ketones is 1. The molecule has 0 aliphatic carbocycles. The second kappa shape index (κ2) is 8.71. The fourth-order valence-electron chi connectivity index (χ4n) is 3.22. The van der Waals surface area contributed by atoms with Crippen LogP contribution in [0.2, 0.25) is 0 Å². The van der Waals surface area contributed by atoms with Crippen molar-refractivity contribution >= 4 is 23.6 Å². The lowest BCUT2D eigenvalue weighted by Gasteiger charge is -2.17. The van der Waals surface area contributed by atoms with E-state index in [1.165, 1.54) is 30.0 Å². The first-order valence-electron chi connectivity index (χ1n) is 9.35. The van der Waals surface area contributed by atoms with E-state index in [0.717, 1.165) is 18.1 Å². The molecule has 176 valence electrons. The fraction of sp³-hybridized carbons (Fsp3) is 0.0870. The van der Waals surface area contributed by atoms with Crippen LogP contribution in [0.25, 0.3) is 6.08 Å². The Morgan fingerprint density at radius 1 is 0.882 bits per heavy atom. The molecule has 34 heavy (non-hydrogen) atoms. The summed E-state index contributed by atoms with van der Waals surface area (Å²) in [6.07, 6.45) is -4.10. The van der Waals surface area contributed by atoms with Crippen LogP contribution in [-0.2, 0) is 6.18 Å². The lowest BCUT2D eigenvalue weighted by molar-refractivity contribution is -0.141. The first-order valence-corrected chi connectivity index (χ1v) is 10.2. The highest BCUT2D eigenvalue weighted by molar-refractivity contribution is 8.04. The Balaban J connectivity index is 1.73. The molecule has 0 radical (unpaired) electrons. The van der Waals surface area contributed by atoms with E-state index in [9.17, 15) is 35.5 Å². The third-order valence-corrected chi connectivity index (χ3v) is 5.88. The molecule has 1 heterocycles. The van der Waals surface area contributed by atoms with Gasteiger partial charge in [-0.1, -0.05) is 30.0 Å². The summed E-state index contributed by atoms with van der Waals surface area (Å²) in [6.45, 7) is 0. The van der Waals surface area contributed by atoms with Gasteiger partial charge in [-0.3, -0.25) is 4.79 Å². The van der Waals surface area contributed by atoms with Crippen molar-refractivity contribution in [3.8, 4) is 17.2 Å². The number of alkyl halides is 3. The second-order valence-corrected chi connectivity index (χ2v) is 7.99. The Labute approximate surface area is 191 Å². The van der Waals surface area contributed by atoms with E-state index >= 15 is 0 Å². The van der Waals surface area contributed by atoms with E-state index in [1.807, 2.05) is 0 Å². The van der Waals surface area contributed by atoms with Crippen molar-refractivity contribution in [3.63, 3.8) is 0 Å². The summed E-state index contributed by atoms with van der Waals surface area (Å²) in [4.78, 5) is 13.6. The molecule has 0 saturated carbocycles. The number of carbonyl (C=O) groups is 1. The van der Waals surface area contributed by atoms with Crippen LogP contribution in [0.3, 0.4) is 0 Å². The molecule has 0 unspecified atom stereocenters. The maximum Gasteiger partial charge on any atom is 0.423 e. The van der Waals surface area contributed by atoms with E-state index in [4.69, 9.17) is 9.47 Å². The number of hydrogen-bond acceptors (Lipinski definition) is 4. The van der Waals surface area contributed by atoms with E-state index in [-0.39, 0.29) is 11.5 Å². The minimum Gasteiger partial charge on any atom is -0.493 e. The molecule has 3 aromatic carbocycles. The lowest BCUT2D eigenvalue weighted by atomic mass is 10.1. The SMILES string of the molecule is COc1cc(/C=C2\Sc3ccccc3C2=O)ccc1Oc1c(F)c(F)c(F)c(F)c1C(F)(F)F. The molecule has 0 atom stereocenters. The number of allylic oxidation sites excluding steroid dienone is 1. The maximum atomic E-state index is 14.2. The number of Topliss-reactive ketones (excluding diaryl/α,β-unsaturated/α-hetero) is 1. The van der Waals surface area contributed by atoms with Crippen LogP contribution in [-0.4, -0.2) is 12.9 Å². The highest BCUT2D eigenvalue weighted by Crippen LogP contribution is 2.45. The summed E-state index contributed by atoms with van der Waals surface area (Å²) < 4.78 is 105. The Bertz CT molecular complexity index is 1350. The van der Waals surface area contributed by atoms with Gasteiger partial charge in [0.05, 0.1) is 12.0 Å². The fourth-order valence-corrected chi connectivity index (χ4v) is 4.27. The van der Waals surface area contributed by atoms with E-state index in [0.29, 0.717) is 16.0 Å². The van der Waals surface area contributed by atoms with Gasteiger partial charge >= 0.3 is 6.18 Å². The zero-order chi connectivity index (χ0) is 24.8. The molecule has 0 saturated heterocycles. The maximum absolute atomic E-state index is 14.2. The zero-order valence-electron chi connectivity index (χ0n) is 16.9. The predicted octanol–water partition coefficient (Wildman–Crippen LogP) is 7.39. The van der Waals surface area contributed by atoms with E-state index < -0.39 is 46.5 Å². The standard InChI is InChI=1S/C23H11F7O3S/c1-32-13-8-10(9-15-21(31)11-4-2-3-5-14(11)34-15)6-7-12(13)33-22-16(23(28,29)30)17(24)18(25)19(26)20(22)27/h2-9H,1H3/b15-9-. The van der Waals surface area contributed by atoms with Crippen molar-refractivity contribution in [2.75, 3.05) is 7.11 Å². The quantitative estimate of drug-likeness (QED) is 0.162. The van der Waals surface area contributed by atoms with Crippen molar-refractivity contribution in [2.45, 2.75) is 11.1 Å². The monoisotopic (exact) mass is 500 g/mol. The molecule has 0 amide bonds. The largest absolute Gasteiger partial charge is 0.493 e. The topological polar surface area (TPSA) is 35.5 Å². The number of carbonyl (C=O) groups excluding carboxylic acids is 1. The number of methoxy groups -OCH3 is 1. The van der Waals surface area contributed by atoms with Gasteiger partial charge in [-0.05, 0) is 35.9 Å². The summed E-state index contributed by atoms with van der Waals surface area (Å²) in [5.74, 6) is -13.0. The molecule has 3 nitrogen and oxygen atoms in total. The van der Waals surface area contributed by atoms with Crippen molar-refractivity contribution in [2.24, 2.45) is 0 Å². The summed E-state index contributed by atoms with van der Waals surface area (Å²) in [5, 5.41) is 0. The van der Waals surface area contributed by atoms with Gasteiger partial charge in [-0.15, -0.1) is 0 Å². The Morgan fingerprint density at radius 2 is 1.56 bits per heavy atom. The Hall–Kier alpha value is -3.47. The highest BCUT2D eigenvalue weighted by Gasteiger charge is 2.43. The molecule has 0 bridgehead atoms. The van der Waals surface area contributed by atoms with Crippen LogP contribution >= 0.6 is 11.8 Å². The summed E-state index contributed by atoms with van der Waals surface area (Å²) in [5.41, 5.74) is -1.55. The summed E-state index contributed by atoms with van der Waals surface area (Å²) in [7, 11) is 1.12. The van der Waals surface area contributed by atoms with Gasteiger partial charge in [0.2, 0.25) is 17.4 Å². The Kier molecular flexibility index (Phi) is 6.07. The summed E-state index contributed by atoms with van der Waals surface area (Å²) in [6, 6.07) is 10.5. The van der Waals surface area contributed by atoms with Crippen molar-refractivity contribution in [1.29, 1.82) is 0 Å². The number of thioether (sulfide) groups is 1. The minimum atomic E-state index is -5.60. The molecule has 11 heteroatoms. The van der Waals surface area contributed by atoms with Crippen molar-refractivity contribution in [1.82, 2.24) is 0 Å². The van der Waals surface area contributed by atoms with Gasteiger partial charge < -0.3 is 9.47 Å². The predicted molar refractivity (Wildman–Crippen MR) is 109 cm³/mol. The summed E-state index contributed by atoms with van der Waals surface area (Å²) >= 11 is 1.22. The minimum absolute atomic E-state index is 0.228. The van der Waals surface area contributed by atoms with Crippen LogP contribution in [0.15, 0.2) is 52.3 Å². The molecular weight excluding hydrogens is 489 g/mol. The molecule has 0 N–H and O–H groups in total. The van der Waals surface area contributed by atoms with E-state index in [2.05, 4.69) is 0 Å². The number of benzene rings is 3. The number of fused-ring (bicyclic) bond motifs is 1. The molecule has 4 rings (SSSR count). The second-order valence-electron chi connectivity index (χ2n) is 6.91. The third kappa shape index (κ3) is 4.11. The average molecular weight is 500 g/mol. The van der Waals surface area contributed by atoms with Crippen LogP contribution in [0, 0.1) is 23.3 Å². The zero-order valence-corrected chi connectivity index (χ0v) is 17.7. The van der Waals surface area contributed by atoms with Gasteiger partial charge in [-0.2, -0.15) is 17.6 Å². The first kappa shape index (κ1) is 23.7. The van der Waals surface area contributed by atoms with Crippen LogP contribution < -0.4 is 9.47 Å². The molecule has 3 aromatic rings. The van der Waals surface area contributed by atoms with Gasteiger partial charge in [0, 0.05) is 10.5 Å². The molecular formula is C23H11F7O3S.